The highest BCUT2D eigenvalue weighted by molar-refractivity contribution is 5.94. The molecule has 1 amide bonds. The predicted molar refractivity (Wildman–Crippen MR) is 123 cm³/mol. The number of halogens is 4. The number of alkyl halides is 3. The van der Waals surface area contributed by atoms with Gasteiger partial charge in [0.05, 0.1) is 5.56 Å². The molecule has 3 nitrogen and oxygen atoms in total. The van der Waals surface area contributed by atoms with Crippen molar-refractivity contribution in [3.05, 3.63) is 94.8 Å². The number of hydrogen-bond donors (Lipinski definition) is 1. The molecule has 1 atom stereocenters. The molecule has 3 aromatic rings. The van der Waals surface area contributed by atoms with Gasteiger partial charge in [-0.1, -0.05) is 30.3 Å². The Balaban J connectivity index is 1.61. The van der Waals surface area contributed by atoms with Gasteiger partial charge in [0.25, 0.3) is 0 Å². The van der Waals surface area contributed by atoms with Crippen LogP contribution in [-0.2, 0) is 17.4 Å². The molecule has 4 rings (SSSR count). The zero-order valence-electron chi connectivity index (χ0n) is 18.7. The van der Waals surface area contributed by atoms with Crippen molar-refractivity contribution in [3.63, 3.8) is 0 Å². The molecule has 1 N–H and O–H groups in total. The van der Waals surface area contributed by atoms with Crippen molar-refractivity contribution in [1.82, 2.24) is 5.32 Å². The SMILES string of the molecule is CNC(=O)/C=C(\C)c1ccc(O[C@@H]2CCc3c(-c4cc(F)ccc4C(F)(F)F)cccc32)cc1. The van der Waals surface area contributed by atoms with Gasteiger partial charge in [0.15, 0.2) is 0 Å². The fourth-order valence-electron chi connectivity index (χ4n) is 4.29. The number of hydrogen-bond acceptors (Lipinski definition) is 2. The first-order valence-corrected chi connectivity index (χ1v) is 10.8. The summed E-state index contributed by atoms with van der Waals surface area (Å²) in [6.45, 7) is 1.83. The molecule has 0 heterocycles. The minimum atomic E-state index is -4.59. The van der Waals surface area contributed by atoms with Crippen LogP contribution in [0.15, 0.2) is 66.7 Å². The van der Waals surface area contributed by atoms with Gasteiger partial charge in [-0.15, -0.1) is 0 Å². The van der Waals surface area contributed by atoms with Crippen LogP contribution in [0.2, 0.25) is 0 Å². The summed E-state index contributed by atoms with van der Waals surface area (Å²) in [6.07, 6.45) is -2.29. The molecule has 0 aliphatic heterocycles. The second-order valence-electron chi connectivity index (χ2n) is 8.17. The first kappa shape index (κ1) is 23.5. The highest BCUT2D eigenvalue weighted by atomic mass is 19.4. The second-order valence-corrected chi connectivity index (χ2v) is 8.17. The Bertz CT molecular complexity index is 1250. The van der Waals surface area contributed by atoms with Crippen LogP contribution < -0.4 is 10.1 Å². The molecular formula is C27H23F4NO2. The summed E-state index contributed by atoms with van der Waals surface area (Å²) in [7, 11) is 1.56. The molecule has 0 spiro atoms. The van der Waals surface area contributed by atoms with Gasteiger partial charge in [-0.25, -0.2) is 4.39 Å². The molecule has 34 heavy (non-hydrogen) atoms. The fourth-order valence-corrected chi connectivity index (χ4v) is 4.29. The van der Waals surface area contributed by atoms with E-state index in [2.05, 4.69) is 5.32 Å². The van der Waals surface area contributed by atoms with Gasteiger partial charge >= 0.3 is 6.18 Å². The molecule has 176 valence electrons. The second kappa shape index (κ2) is 9.33. The Morgan fingerprint density at radius 3 is 2.47 bits per heavy atom. The van der Waals surface area contributed by atoms with E-state index in [9.17, 15) is 22.4 Å². The average molecular weight is 469 g/mol. The van der Waals surface area contributed by atoms with Crippen molar-refractivity contribution >= 4 is 11.5 Å². The Morgan fingerprint density at radius 2 is 1.79 bits per heavy atom. The molecule has 7 heteroatoms. The third-order valence-corrected chi connectivity index (χ3v) is 5.97. The molecular weight excluding hydrogens is 446 g/mol. The number of allylic oxidation sites excluding steroid dienone is 1. The topological polar surface area (TPSA) is 38.3 Å². The molecule has 0 bridgehead atoms. The van der Waals surface area contributed by atoms with E-state index in [1.165, 1.54) is 6.08 Å². The van der Waals surface area contributed by atoms with Crippen LogP contribution in [0.5, 0.6) is 5.75 Å². The van der Waals surface area contributed by atoms with Gasteiger partial charge < -0.3 is 10.1 Å². The van der Waals surface area contributed by atoms with Gasteiger partial charge in [-0.3, -0.25) is 4.79 Å². The number of likely N-dealkylation sites (N-methyl/N-ethyl adjacent to an activating group) is 1. The molecule has 1 aliphatic carbocycles. The first-order valence-electron chi connectivity index (χ1n) is 10.8. The van der Waals surface area contributed by atoms with E-state index in [4.69, 9.17) is 4.74 Å². The van der Waals surface area contributed by atoms with Crippen molar-refractivity contribution in [2.75, 3.05) is 7.05 Å². The van der Waals surface area contributed by atoms with Crippen LogP contribution in [0.4, 0.5) is 17.6 Å². The average Bonchev–Trinajstić information content (AvgIpc) is 3.21. The lowest BCUT2D eigenvalue weighted by Crippen LogP contribution is -2.14. The zero-order valence-corrected chi connectivity index (χ0v) is 18.7. The highest BCUT2D eigenvalue weighted by Gasteiger charge is 2.35. The summed E-state index contributed by atoms with van der Waals surface area (Å²) in [5.41, 5.74) is 2.57. The van der Waals surface area contributed by atoms with E-state index in [1.807, 2.05) is 25.1 Å². The van der Waals surface area contributed by atoms with Crippen LogP contribution in [0.1, 0.15) is 41.7 Å². The minimum absolute atomic E-state index is 0.160. The smallest absolute Gasteiger partial charge is 0.417 e. The van der Waals surface area contributed by atoms with Crippen molar-refractivity contribution in [2.45, 2.75) is 32.0 Å². The summed E-state index contributed by atoms with van der Waals surface area (Å²) in [5.74, 6) is -0.295. The van der Waals surface area contributed by atoms with Crippen molar-refractivity contribution in [1.29, 1.82) is 0 Å². The molecule has 0 radical (unpaired) electrons. The Labute approximate surface area is 195 Å². The monoisotopic (exact) mass is 469 g/mol. The maximum atomic E-state index is 13.9. The van der Waals surface area contributed by atoms with Crippen molar-refractivity contribution < 1.29 is 27.1 Å². The maximum absolute atomic E-state index is 13.9. The number of carbonyl (C=O) groups excluding carboxylic acids is 1. The summed E-state index contributed by atoms with van der Waals surface area (Å²) in [6, 6.07) is 15.0. The highest BCUT2D eigenvalue weighted by Crippen LogP contribution is 2.44. The van der Waals surface area contributed by atoms with Crippen LogP contribution >= 0.6 is 0 Å². The number of nitrogens with one attached hydrogen (secondary N) is 1. The number of carbonyl (C=O) groups is 1. The van der Waals surface area contributed by atoms with E-state index in [0.29, 0.717) is 24.2 Å². The Hall–Kier alpha value is -3.61. The normalized spacial score (nSPS) is 15.7. The molecule has 0 saturated heterocycles. The van der Waals surface area contributed by atoms with Gasteiger partial charge in [-0.2, -0.15) is 13.2 Å². The summed E-state index contributed by atoms with van der Waals surface area (Å²) < 4.78 is 60.8. The summed E-state index contributed by atoms with van der Waals surface area (Å²) in [4.78, 5) is 11.5. The van der Waals surface area contributed by atoms with Crippen LogP contribution in [0.3, 0.4) is 0 Å². The lowest BCUT2D eigenvalue weighted by Gasteiger charge is -2.18. The molecule has 0 aromatic heterocycles. The number of fused-ring (bicyclic) bond motifs is 1. The molecule has 0 saturated carbocycles. The Kier molecular flexibility index (Phi) is 6.46. The Morgan fingerprint density at radius 1 is 1.06 bits per heavy atom. The van der Waals surface area contributed by atoms with Gasteiger partial charge in [-0.05, 0) is 83.5 Å². The van der Waals surface area contributed by atoms with Crippen molar-refractivity contribution in [2.24, 2.45) is 0 Å². The molecule has 0 unspecified atom stereocenters. The zero-order chi connectivity index (χ0) is 24.5. The molecule has 1 aliphatic rings. The van der Waals surface area contributed by atoms with Crippen LogP contribution in [0, 0.1) is 5.82 Å². The lowest BCUT2D eigenvalue weighted by atomic mass is 9.93. The van der Waals surface area contributed by atoms with Crippen molar-refractivity contribution in [3.8, 4) is 16.9 Å². The van der Waals surface area contributed by atoms with Crippen LogP contribution in [0.25, 0.3) is 16.7 Å². The van der Waals surface area contributed by atoms with E-state index >= 15 is 0 Å². The van der Waals surface area contributed by atoms with E-state index < -0.39 is 17.6 Å². The summed E-state index contributed by atoms with van der Waals surface area (Å²) in [5, 5.41) is 2.54. The number of amides is 1. The minimum Gasteiger partial charge on any atom is -0.486 e. The number of ether oxygens (including phenoxy) is 1. The maximum Gasteiger partial charge on any atom is 0.417 e. The van der Waals surface area contributed by atoms with Gasteiger partial charge in [0, 0.05) is 13.1 Å². The lowest BCUT2D eigenvalue weighted by molar-refractivity contribution is -0.137. The molecule has 3 aromatic carbocycles. The number of benzene rings is 3. The van der Waals surface area contributed by atoms with E-state index in [1.54, 1.807) is 31.3 Å². The van der Waals surface area contributed by atoms with Gasteiger partial charge in [0.2, 0.25) is 5.91 Å². The first-order chi connectivity index (χ1) is 16.2. The summed E-state index contributed by atoms with van der Waals surface area (Å²) >= 11 is 0. The predicted octanol–water partition coefficient (Wildman–Crippen LogP) is 6.73. The van der Waals surface area contributed by atoms with Gasteiger partial charge in [0.1, 0.15) is 17.7 Å². The van der Waals surface area contributed by atoms with Crippen LogP contribution in [-0.4, -0.2) is 13.0 Å². The fraction of sp³-hybridized carbons (Fsp3) is 0.222. The van der Waals surface area contributed by atoms with E-state index in [-0.39, 0.29) is 17.6 Å². The van der Waals surface area contributed by atoms with E-state index in [0.717, 1.165) is 40.5 Å². The molecule has 0 fully saturated rings. The number of rotatable bonds is 5. The standard InChI is InChI=1S/C27H23F4NO2/c1-16(14-26(33)32-2)17-6-9-19(10-7-17)34-25-13-11-21-20(4-3-5-22(21)25)23-15-18(28)8-12-24(23)27(29,30)31/h3-10,12,14-15,25H,11,13H2,1-2H3,(H,32,33)/b16-14+/t25-/m1/s1. The third kappa shape index (κ3) is 4.83. The largest absolute Gasteiger partial charge is 0.486 e. The third-order valence-electron chi connectivity index (χ3n) is 5.97. The quantitative estimate of drug-likeness (QED) is 0.333.